The Labute approximate surface area is 181 Å². The average molecular weight is 606 g/mol. The highest BCUT2D eigenvalue weighted by atomic mass is 79.9. The quantitative estimate of drug-likeness (QED) is 0.393. The van der Waals surface area contributed by atoms with E-state index in [4.69, 9.17) is 14.0 Å². The van der Waals surface area contributed by atoms with Crippen LogP contribution in [0.15, 0.2) is 43.7 Å². The van der Waals surface area contributed by atoms with E-state index in [0.29, 0.717) is 5.75 Å². The zero-order chi connectivity index (χ0) is 19.2. The fourth-order valence-corrected chi connectivity index (χ4v) is 5.16. The SMILES string of the molecule is CC(C)(c1ccc(O)cc1)c1c(Br)cc(OBr)c(Br)c1Br.OCCO. The van der Waals surface area contributed by atoms with Gasteiger partial charge in [0.2, 0.25) is 0 Å². The van der Waals surface area contributed by atoms with Crippen LogP contribution < -0.4 is 3.83 Å². The number of phenolic OH excluding ortho intramolecular Hbond substituents is 1. The molecule has 0 unspecified atom stereocenters. The Hall–Kier alpha value is -0.120. The van der Waals surface area contributed by atoms with Crippen LogP contribution in [0.2, 0.25) is 0 Å². The van der Waals surface area contributed by atoms with Crippen LogP contribution in [0.1, 0.15) is 25.0 Å². The maximum Gasteiger partial charge on any atom is 0.179 e. The fraction of sp³-hybridized carbons (Fsp3) is 0.294. The smallest absolute Gasteiger partial charge is 0.179 e. The molecule has 0 aliphatic carbocycles. The molecule has 0 bridgehead atoms. The number of halogens is 4. The highest BCUT2D eigenvalue weighted by molar-refractivity contribution is 9.13. The summed E-state index contributed by atoms with van der Waals surface area (Å²) < 4.78 is 7.86. The Kier molecular flexibility index (Phi) is 9.42. The van der Waals surface area contributed by atoms with Gasteiger partial charge in [0, 0.05) is 14.4 Å². The second-order valence-corrected chi connectivity index (χ2v) is 8.32. The molecule has 0 saturated carbocycles. The van der Waals surface area contributed by atoms with Crippen LogP contribution in [-0.4, -0.2) is 28.5 Å². The molecule has 0 saturated heterocycles. The third-order valence-corrected chi connectivity index (χ3v) is 6.61. The van der Waals surface area contributed by atoms with E-state index in [1.807, 2.05) is 18.2 Å². The molecule has 0 aliphatic heterocycles. The Bertz CT molecular complexity index is 701. The van der Waals surface area contributed by atoms with E-state index in [9.17, 15) is 5.11 Å². The Balaban J connectivity index is 0.000000705. The molecule has 2 aromatic rings. The Morgan fingerprint density at radius 1 is 0.960 bits per heavy atom. The molecule has 4 nitrogen and oxygen atoms in total. The lowest BCUT2D eigenvalue weighted by molar-refractivity contribution is 0.186. The van der Waals surface area contributed by atoms with Crippen molar-refractivity contribution in [1.29, 1.82) is 0 Å². The largest absolute Gasteiger partial charge is 0.508 e. The molecule has 3 N–H and O–H groups in total. The van der Waals surface area contributed by atoms with Crippen LogP contribution in [0.4, 0.5) is 0 Å². The number of aliphatic hydroxyl groups is 2. The molecule has 0 amide bonds. The minimum atomic E-state index is -0.265. The van der Waals surface area contributed by atoms with Crippen molar-refractivity contribution in [1.82, 2.24) is 0 Å². The summed E-state index contributed by atoms with van der Waals surface area (Å²) >= 11 is 13.8. The summed E-state index contributed by atoms with van der Waals surface area (Å²) in [5, 5.41) is 24.7. The van der Waals surface area contributed by atoms with Crippen molar-refractivity contribution in [3.63, 3.8) is 0 Å². The van der Waals surface area contributed by atoms with Gasteiger partial charge >= 0.3 is 0 Å². The summed E-state index contributed by atoms with van der Waals surface area (Å²) in [4.78, 5) is 0. The van der Waals surface area contributed by atoms with Crippen LogP contribution in [0.5, 0.6) is 11.5 Å². The molecule has 0 atom stereocenters. The van der Waals surface area contributed by atoms with Crippen molar-refractivity contribution in [2.45, 2.75) is 19.3 Å². The van der Waals surface area contributed by atoms with Crippen molar-refractivity contribution in [2.24, 2.45) is 0 Å². The summed E-state index contributed by atoms with van der Waals surface area (Å²) in [5.74, 6) is 0.941. The summed E-state index contributed by atoms with van der Waals surface area (Å²) in [6, 6.07) is 9.16. The molecule has 0 aliphatic rings. The molecule has 25 heavy (non-hydrogen) atoms. The maximum atomic E-state index is 9.47. The second kappa shape index (κ2) is 10.3. The third-order valence-electron chi connectivity index (χ3n) is 3.52. The van der Waals surface area contributed by atoms with E-state index in [-0.39, 0.29) is 24.4 Å². The van der Waals surface area contributed by atoms with Gasteiger partial charge in [0.05, 0.1) is 17.7 Å². The predicted molar refractivity (Wildman–Crippen MR) is 114 cm³/mol. The summed E-state index contributed by atoms with van der Waals surface area (Å²) in [7, 11) is 0. The van der Waals surface area contributed by atoms with Crippen molar-refractivity contribution >= 4 is 64.0 Å². The number of benzene rings is 2. The van der Waals surface area contributed by atoms with Gasteiger partial charge in [0.1, 0.15) is 5.75 Å². The summed E-state index contributed by atoms with van der Waals surface area (Å²) in [6.07, 6.45) is 0. The van der Waals surface area contributed by atoms with Gasteiger partial charge in [-0.05, 0) is 61.2 Å². The standard InChI is InChI=1S/C15H12Br4O2.C2H6O2/c1-15(2,8-3-5-9(20)6-4-8)12-10(16)7-11(21-19)13(17)14(12)18;3-1-2-4/h3-7,20H,1-2H3;3-4H,1-2H2. The van der Waals surface area contributed by atoms with Gasteiger partial charge in [0.25, 0.3) is 0 Å². The molecular formula is C17H18Br4O4. The monoisotopic (exact) mass is 602 g/mol. The molecule has 2 rings (SSSR count). The number of hydrogen-bond acceptors (Lipinski definition) is 4. The van der Waals surface area contributed by atoms with Crippen molar-refractivity contribution in [3.05, 3.63) is 54.9 Å². The topological polar surface area (TPSA) is 69.9 Å². The molecule has 0 aromatic heterocycles. The van der Waals surface area contributed by atoms with Gasteiger partial charge in [-0.15, -0.1) is 0 Å². The number of rotatable bonds is 4. The van der Waals surface area contributed by atoms with Crippen molar-refractivity contribution in [2.75, 3.05) is 13.2 Å². The Morgan fingerprint density at radius 2 is 1.48 bits per heavy atom. The molecule has 138 valence electrons. The first kappa shape index (κ1) is 22.9. The van der Waals surface area contributed by atoms with E-state index in [0.717, 1.165) is 24.5 Å². The Morgan fingerprint density at radius 3 is 1.92 bits per heavy atom. The first-order chi connectivity index (χ1) is 11.7. The van der Waals surface area contributed by atoms with Gasteiger partial charge in [-0.2, -0.15) is 0 Å². The third kappa shape index (κ3) is 5.68. The molecule has 0 heterocycles. The fourth-order valence-electron chi connectivity index (χ4n) is 2.22. The van der Waals surface area contributed by atoms with Crippen LogP contribution in [-0.2, 0) is 5.41 Å². The summed E-state index contributed by atoms with van der Waals surface area (Å²) in [5.41, 5.74) is 1.92. The molecule has 0 spiro atoms. The lowest BCUT2D eigenvalue weighted by atomic mass is 9.78. The van der Waals surface area contributed by atoms with E-state index < -0.39 is 0 Å². The van der Waals surface area contributed by atoms with E-state index in [1.165, 1.54) is 0 Å². The number of hydrogen-bond donors (Lipinski definition) is 3. The first-order valence-corrected chi connectivity index (χ1v) is 10.2. The van der Waals surface area contributed by atoms with Crippen LogP contribution in [0.25, 0.3) is 0 Å². The minimum Gasteiger partial charge on any atom is -0.508 e. The number of aliphatic hydroxyl groups excluding tert-OH is 2. The average Bonchev–Trinajstić information content (AvgIpc) is 2.58. The molecule has 2 aromatic carbocycles. The van der Waals surface area contributed by atoms with E-state index >= 15 is 0 Å². The van der Waals surface area contributed by atoms with E-state index in [2.05, 4.69) is 77.9 Å². The molecule has 8 heteroatoms. The van der Waals surface area contributed by atoms with Gasteiger partial charge in [0.15, 0.2) is 22.0 Å². The number of aromatic hydroxyl groups is 1. The van der Waals surface area contributed by atoms with Gasteiger partial charge in [-0.1, -0.05) is 41.9 Å². The van der Waals surface area contributed by atoms with Crippen LogP contribution >= 0.6 is 64.0 Å². The van der Waals surface area contributed by atoms with Crippen molar-refractivity contribution in [3.8, 4) is 11.5 Å². The van der Waals surface area contributed by atoms with Gasteiger partial charge in [-0.3, -0.25) is 0 Å². The lowest BCUT2D eigenvalue weighted by Gasteiger charge is -2.29. The molecule has 0 fully saturated rings. The first-order valence-electron chi connectivity index (χ1n) is 7.18. The van der Waals surface area contributed by atoms with Crippen molar-refractivity contribution < 1.29 is 19.1 Å². The lowest BCUT2D eigenvalue weighted by Crippen LogP contribution is -2.20. The number of phenols is 1. The highest BCUT2D eigenvalue weighted by Gasteiger charge is 2.30. The van der Waals surface area contributed by atoms with Gasteiger partial charge < -0.3 is 19.1 Å². The highest BCUT2D eigenvalue weighted by Crippen LogP contribution is 2.47. The van der Waals surface area contributed by atoms with Crippen LogP contribution in [0, 0.1) is 0 Å². The summed E-state index contributed by atoms with van der Waals surface area (Å²) in [6.45, 7) is 4.01. The van der Waals surface area contributed by atoms with E-state index in [1.54, 1.807) is 12.1 Å². The minimum absolute atomic E-state index is 0.125. The van der Waals surface area contributed by atoms with Gasteiger partial charge in [-0.25, -0.2) is 0 Å². The second-order valence-electron chi connectivity index (χ2n) is 5.56. The van der Waals surface area contributed by atoms with Crippen LogP contribution in [0.3, 0.4) is 0 Å². The molecular weight excluding hydrogens is 588 g/mol. The maximum absolute atomic E-state index is 9.47. The normalized spacial score (nSPS) is 10.9. The molecule has 0 radical (unpaired) electrons. The zero-order valence-electron chi connectivity index (χ0n) is 13.6. The zero-order valence-corrected chi connectivity index (χ0v) is 19.9. The predicted octanol–water partition coefficient (Wildman–Crippen LogP) is 5.67.